The van der Waals surface area contributed by atoms with Crippen molar-refractivity contribution in [1.29, 1.82) is 0 Å². The maximum atomic E-state index is 12.4. The zero-order valence-electron chi connectivity index (χ0n) is 15.8. The molecule has 6 heteroatoms. The Balaban J connectivity index is 1.22. The molecular formula is C21H26N4O2. The normalized spacial score (nSPS) is 21.3. The van der Waals surface area contributed by atoms with Crippen molar-refractivity contribution < 1.29 is 9.53 Å². The molecule has 2 aromatic heterocycles. The van der Waals surface area contributed by atoms with Crippen molar-refractivity contribution in [3.8, 4) is 0 Å². The molecule has 2 aromatic rings. The summed E-state index contributed by atoms with van der Waals surface area (Å²) >= 11 is 0. The first-order valence-corrected chi connectivity index (χ1v) is 9.55. The Morgan fingerprint density at radius 1 is 1.30 bits per heavy atom. The summed E-state index contributed by atoms with van der Waals surface area (Å²) in [5.74, 6) is 0.543. The molecule has 1 amide bonds. The lowest BCUT2D eigenvalue weighted by atomic mass is 9.82. The number of rotatable bonds is 5. The SMILES string of the molecule is CN(Cc1cccnc1)C[C@@H]1CCC2(CN(C(=O)c3ccccn3)C2)OC1. The largest absolute Gasteiger partial charge is 0.371 e. The highest BCUT2D eigenvalue weighted by Crippen LogP contribution is 2.36. The molecule has 0 saturated carbocycles. The molecule has 0 radical (unpaired) electrons. The molecule has 27 heavy (non-hydrogen) atoms. The third-order valence-corrected chi connectivity index (χ3v) is 5.51. The minimum absolute atomic E-state index is 0.00292. The van der Waals surface area contributed by atoms with Crippen molar-refractivity contribution >= 4 is 5.91 Å². The third-order valence-electron chi connectivity index (χ3n) is 5.51. The third kappa shape index (κ3) is 4.17. The van der Waals surface area contributed by atoms with E-state index in [1.807, 2.05) is 29.3 Å². The average Bonchev–Trinajstić information content (AvgIpc) is 2.68. The zero-order chi connectivity index (χ0) is 18.7. The zero-order valence-corrected chi connectivity index (χ0v) is 15.8. The van der Waals surface area contributed by atoms with Gasteiger partial charge in [0.25, 0.3) is 5.91 Å². The summed E-state index contributed by atoms with van der Waals surface area (Å²) in [5, 5.41) is 0. The van der Waals surface area contributed by atoms with Crippen molar-refractivity contribution in [3.05, 3.63) is 60.2 Å². The van der Waals surface area contributed by atoms with E-state index >= 15 is 0 Å². The molecule has 2 aliphatic rings. The topological polar surface area (TPSA) is 58.6 Å². The average molecular weight is 366 g/mol. The Hall–Kier alpha value is -2.31. The Bertz CT molecular complexity index is 752. The van der Waals surface area contributed by atoms with Gasteiger partial charge in [0.15, 0.2) is 0 Å². The van der Waals surface area contributed by atoms with Crippen LogP contribution in [0.15, 0.2) is 48.9 Å². The number of carbonyl (C=O) groups is 1. The van der Waals surface area contributed by atoms with Crippen LogP contribution >= 0.6 is 0 Å². The summed E-state index contributed by atoms with van der Waals surface area (Å²) in [6, 6.07) is 9.52. The van der Waals surface area contributed by atoms with Gasteiger partial charge in [0.2, 0.25) is 0 Å². The number of carbonyl (C=O) groups excluding carboxylic acids is 1. The molecule has 0 unspecified atom stereocenters. The van der Waals surface area contributed by atoms with Crippen LogP contribution in [0, 0.1) is 5.92 Å². The van der Waals surface area contributed by atoms with Gasteiger partial charge in [0.05, 0.1) is 19.7 Å². The fraction of sp³-hybridized carbons (Fsp3) is 0.476. The molecule has 142 valence electrons. The molecule has 4 rings (SSSR count). The van der Waals surface area contributed by atoms with E-state index in [0.717, 1.165) is 32.5 Å². The van der Waals surface area contributed by atoms with Crippen LogP contribution < -0.4 is 0 Å². The highest BCUT2D eigenvalue weighted by Gasteiger charge is 2.48. The van der Waals surface area contributed by atoms with E-state index in [0.29, 0.717) is 24.7 Å². The van der Waals surface area contributed by atoms with Gasteiger partial charge < -0.3 is 14.5 Å². The van der Waals surface area contributed by atoms with Crippen molar-refractivity contribution in [3.63, 3.8) is 0 Å². The standard InChI is InChI=1S/C21H26N4O2/c1-24(12-17-5-4-9-22-11-17)13-18-7-8-21(27-14-18)15-25(16-21)20(26)19-6-2-3-10-23-19/h2-6,9-11,18H,7-8,12-16H2,1H3/t18-/m0/s1. The van der Waals surface area contributed by atoms with Crippen LogP contribution in [-0.2, 0) is 11.3 Å². The van der Waals surface area contributed by atoms with Gasteiger partial charge in [-0.05, 0) is 49.6 Å². The molecule has 2 aliphatic heterocycles. The summed E-state index contributed by atoms with van der Waals surface area (Å²) in [6.45, 7) is 4.05. The lowest BCUT2D eigenvalue weighted by Crippen LogP contribution is -2.66. The highest BCUT2D eigenvalue weighted by molar-refractivity contribution is 5.93. The van der Waals surface area contributed by atoms with Crippen molar-refractivity contribution in [2.45, 2.75) is 25.0 Å². The van der Waals surface area contributed by atoms with E-state index in [9.17, 15) is 4.79 Å². The first-order chi connectivity index (χ1) is 13.1. The van der Waals surface area contributed by atoms with Gasteiger partial charge in [-0.2, -0.15) is 0 Å². The molecule has 2 fully saturated rings. The molecule has 0 aromatic carbocycles. The van der Waals surface area contributed by atoms with E-state index < -0.39 is 0 Å². The van der Waals surface area contributed by atoms with E-state index in [1.165, 1.54) is 5.56 Å². The molecule has 0 N–H and O–H groups in total. The van der Waals surface area contributed by atoms with Crippen molar-refractivity contribution in [2.24, 2.45) is 5.92 Å². The number of pyridine rings is 2. The van der Waals surface area contributed by atoms with Gasteiger partial charge in [0, 0.05) is 31.7 Å². The summed E-state index contributed by atoms with van der Waals surface area (Å²) in [5.41, 5.74) is 1.61. The minimum atomic E-state index is -0.136. The van der Waals surface area contributed by atoms with Crippen LogP contribution in [0.4, 0.5) is 0 Å². The molecular weight excluding hydrogens is 340 g/mol. The quantitative estimate of drug-likeness (QED) is 0.812. The maximum Gasteiger partial charge on any atom is 0.272 e. The van der Waals surface area contributed by atoms with Crippen molar-refractivity contribution in [2.75, 3.05) is 33.3 Å². The van der Waals surface area contributed by atoms with Crippen LogP contribution in [0.5, 0.6) is 0 Å². The molecule has 1 spiro atoms. The number of likely N-dealkylation sites (tertiary alicyclic amines) is 1. The van der Waals surface area contributed by atoms with Gasteiger partial charge in [-0.3, -0.25) is 14.8 Å². The summed E-state index contributed by atoms with van der Waals surface area (Å²) in [7, 11) is 2.15. The van der Waals surface area contributed by atoms with Crippen LogP contribution in [0.2, 0.25) is 0 Å². The van der Waals surface area contributed by atoms with Crippen LogP contribution in [0.25, 0.3) is 0 Å². The van der Waals surface area contributed by atoms with Gasteiger partial charge in [-0.1, -0.05) is 12.1 Å². The van der Waals surface area contributed by atoms with Crippen LogP contribution in [-0.4, -0.2) is 64.6 Å². The molecule has 6 nitrogen and oxygen atoms in total. The molecule has 0 bridgehead atoms. The summed E-state index contributed by atoms with van der Waals surface area (Å²) in [4.78, 5) is 24.9. The number of hydrogen-bond acceptors (Lipinski definition) is 5. The fourth-order valence-corrected chi connectivity index (χ4v) is 4.06. The Kier molecular flexibility index (Phi) is 5.18. The van der Waals surface area contributed by atoms with Gasteiger partial charge in [0.1, 0.15) is 11.3 Å². The highest BCUT2D eigenvalue weighted by atomic mass is 16.5. The minimum Gasteiger partial charge on any atom is -0.371 e. The predicted molar refractivity (Wildman–Crippen MR) is 102 cm³/mol. The lowest BCUT2D eigenvalue weighted by molar-refractivity contribution is -0.168. The Morgan fingerprint density at radius 2 is 2.19 bits per heavy atom. The molecule has 4 heterocycles. The molecule has 0 aliphatic carbocycles. The number of nitrogens with zero attached hydrogens (tertiary/aromatic N) is 4. The summed E-state index contributed by atoms with van der Waals surface area (Å²) < 4.78 is 6.23. The fourth-order valence-electron chi connectivity index (χ4n) is 4.06. The smallest absolute Gasteiger partial charge is 0.272 e. The lowest BCUT2D eigenvalue weighted by Gasteiger charge is -2.52. The monoisotopic (exact) mass is 366 g/mol. The second kappa shape index (κ2) is 7.74. The van der Waals surface area contributed by atoms with Crippen LogP contribution in [0.3, 0.4) is 0 Å². The molecule has 1 atom stereocenters. The Labute approximate surface area is 160 Å². The van der Waals surface area contributed by atoms with Crippen molar-refractivity contribution in [1.82, 2.24) is 19.8 Å². The number of amides is 1. The second-order valence-corrected chi connectivity index (χ2v) is 7.83. The number of aromatic nitrogens is 2. The first-order valence-electron chi connectivity index (χ1n) is 9.55. The first kappa shape index (κ1) is 18.1. The number of hydrogen-bond donors (Lipinski definition) is 0. The van der Waals surface area contributed by atoms with E-state index in [2.05, 4.69) is 28.0 Å². The molecule has 2 saturated heterocycles. The maximum absolute atomic E-state index is 12.4. The van der Waals surface area contributed by atoms with Gasteiger partial charge in [-0.25, -0.2) is 0 Å². The van der Waals surface area contributed by atoms with E-state index in [4.69, 9.17) is 4.74 Å². The summed E-state index contributed by atoms with van der Waals surface area (Å²) in [6.07, 6.45) is 7.54. The predicted octanol–water partition coefficient (Wildman–Crippen LogP) is 2.23. The number of ether oxygens (including phenoxy) is 1. The van der Waals surface area contributed by atoms with Gasteiger partial charge >= 0.3 is 0 Å². The van der Waals surface area contributed by atoms with Crippen LogP contribution in [0.1, 0.15) is 28.9 Å². The van der Waals surface area contributed by atoms with E-state index in [-0.39, 0.29) is 11.5 Å². The second-order valence-electron chi connectivity index (χ2n) is 7.83. The van der Waals surface area contributed by atoms with Gasteiger partial charge in [-0.15, -0.1) is 0 Å². The Morgan fingerprint density at radius 3 is 2.85 bits per heavy atom. The van der Waals surface area contributed by atoms with E-state index in [1.54, 1.807) is 18.5 Å².